The molecule has 122 valence electrons. The van der Waals surface area contributed by atoms with E-state index >= 15 is 0 Å². The topological polar surface area (TPSA) is 0 Å². The summed E-state index contributed by atoms with van der Waals surface area (Å²) in [5.74, 6) is 0. The van der Waals surface area contributed by atoms with E-state index in [2.05, 4.69) is 106 Å². The van der Waals surface area contributed by atoms with Gasteiger partial charge in [-0.15, -0.1) is 0 Å². The summed E-state index contributed by atoms with van der Waals surface area (Å²) in [7, 11) is 0. The van der Waals surface area contributed by atoms with E-state index < -0.39 is 0 Å². The minimum Gasteiger partial charge on any atom is -0.0824 e. The molecule has 0 unspecified atom stereocenters. The van der Waals surface area contributed by atoms with Crippen molar-refractivity contribution in [2.75, 3.05) is 0 Å². The molecule has 0 aromatic heterocycles. The van der Waals surface area contributed by atoms with Crippen molar-refractivity contribution in [3.8, 4) is 0 Å². The first-order valence-corrected chi connectivity index (χ1v) is 11.1. The quantitative estimate of drug-likeness (QED) is 0.0942. The molecule has 5 aromatic carbocycles. The minimum absolute atomic E-state index is 0.733. The van der Waals surface area contributed by atoms with Crippen LogP contribution in [-0.4, -0.2) is 0 Å². The molecule has 0 aliphatic heterocycles. The third kappa shape index (κ3) is 2.15. The fraction of sp³-hybridized carbons (Fsp3) is 0. The highest BCUT2D eigenvalue weighted by Gasteiger charge is 2.22. The van der Waals surface area contributed by atoms with E-state index in [-0.39, 0.29) is 0 Å². The molecule has 0 fully saturated rings. The molecular formula is C20H7Br4Cl. The van der Waals surface area contributed by atoms with Gasteiger partial charge in [0.15, 0.2) is 0 Å². The van der Waals surface area contributed by atoms with Gasteiger partial charge in [-0.1, -0.05) is 48.0 Å². The third-order valence-electron chi connectivity index (χ3n) is 4.76. The van der Waals surface area contributed by atoms with Crippen molar-refractivity contribution in [1.82, 2.24) is 0 Å². The lowest BCUT2D eigenvalue weighted by Gasteiger charge is -2.19. The Labute approximate surface area is 182 Å². The summed E-state index contributed by atoms with van der Waals surface area (Å²) in [5, 5.41) is 10.2. The standard InChI is InChI=1S/C20H7Br4Cl/c21-12-7-11-9-5-1-3-8-4-2-6-10(13(8)9)15-14(11)16(17(12)22)18(23)19(24)20(15)25/h1-7H. The van der Waals surface area contributed by atoms with Crippen LogP contribution in [0, 0.1) is 0 Å². The highest BCUT2D eigenvalue weighted by atomic mass is 79.9. The summed E-state index contributed by atoms with van der Waals surface area (Å²) in [6.07, 6.45) is 0. The highest BCUT2D eigenvalue weighted by molar-refractivity contribution is 9.13. The molecular weight excluding hydrogens is 595 g/mol. The lowest BCUT2D eigenvalue weighted by Crippen LogP contribution is -1.91. The summed E-state index contributed by atoms with van der Waals surface area (Å²) < 4.78 is 3.87. The number of fused-ring (bicyclic) bond motifs is 2. The maximum Gasteiger partial charge on any atom is 0.0644 e. The summed E-state index contributed by atoms with van der Waals surface area (Å²) in [6.45, 7) is 0. The van der Waals surface area contributed by atoms with Crippen molar-refractivity contribution in [1.29, 1.82) is 0 Å². The molecule has 5 heteroatoms. The summed E-state index contributed by atoms with van der Waals surface area (Å²) >= 11 is 21.7. The zero-order chi connectivity index (χ0) is 17.5. The first-order chi connectivity index (χ1) is 12.0. The zero-order valence-electron chi connectivity index (χ0n) is 12.4. The summed E-state index contributed by atoms with van der Waals surface area (Å²) in [5.41, 5.74) is 0. The van der Waals surface area contributed by atoms with Gasteiger partial charge in [0.25, 0.3) is 0 Å². The van der Waals surface area contributed by atoms with Gasteiger partial charge in [-0.25, -0.2) is 0 Å². The molecule has 5 rings (SSSR count). The number of hydrogen-bond donors (Lipinski definition) is 0. The molecule has 0 bridgehead atoms. The van der Waals surface area contributed by atoms with Crippen LogP contribution in [-0.2, 0) is 0 Å². The molecule has 0 nitrogen and oxygen atoms in total. The first-order valence-electron chi connectivity index (χ1n) is 7.51. The Kier molecular flexibility index (Phi) is 3.89. The van der Waals surface area contributed by atoms with E-state index in [0.717, 1.165) is 33.7 Å². The van der Waals surface area contributed by atoms with Crippen LogP contribution < -0.4 is 0 Å². The lowest BCUT2D eigenvalue weighted by atomic mass is 9.90. The van der Waals surface area contributed by atoms with Crippen molar-refractivity contribution < 1.29 is 0 Å². The van der Waals surface area contributed by atoms with E-state index in [9.17, 15) is 0 Å². The molecule has 0 radical (unpaired) electrons. The monoisotopic (exact) mass is 598 g/mol. The fourth-order valence-corrected chi connectivity index (χ4v) is 6.36. The van der Waals surface area contributed by atoms with Gasteiger partial charge < -0.3 is 0 Å². The van der Waals surface area contributed by atoms with E-state index in [0.29, 0.717) is 0 Å². The van der Waals surface area contributed by atoms with Crippen LogP contribution in [0.25, 0.3) is 43.1 Å². The molecule has 0 saturated heterocycles. The van der Waals surface area contributed by atoms with Crippen molar-refractivity contribution in [3.05, 3.63) is 65.4 Å². The van der Waals surface area contributed by atoms with Gasteiger partial charge in [0.05, 0.1) is 9.50 Å². The van der Waals surface area contributed by atoms with Gasteiger partial charge in [-0.2, -0.15) is 0 Å². The Morgan fingerprint density at radius 1 is 0.600 bits per heavy atom. The maximum absolute atomic E-state index is 6.82. The minimum atomic E-state index is 0.733. The van der Waals surface area contributed by atoms with Crippen molar-refractivity contribution in [3.63, 3.8) is 0 Å². The molecule has 5 aromatic rings. The molecule has 0 aliphatic carbocycles. The smallest absolute Gasteiger partial charge is 0.0644 e. The molecule has 0 N–H and O–H groups in total. The SMILES string of the molecule is Clc1c(Br)c(Br)c2c(Br)c(Br)cc3c4cccc5cccc(c1c23)c54. The van der Waals surface area contributed by atoms with Crippen LogP contribution in [0.2, 0.25) is 5.02 Å². The van der Waals surface area contributed by atoms with Crippen LogP contribution in [0.1, 0.15) is 0 Å². The second kappa shape index (κ2) is 5.80. The first kappa shape index (κ1) is 16.8. The van der Waals surface area contributed by atoms with Gasteiger partial charge in [0, 0.05) is 29.6 Å². The highest BCUT2D eigenvalue weighted by Crippen LogP contribution is 2.51. The van der Waals surface area contributed by atoms with E-state index in [1.165, 1.54) is 32.3 Å². The van der Waals surface area contributed by atoms with E-state index in [1.807, 2.05) is 0 Å². The number of benzene rings is 5. The van der Waals surface area contributed by atoms with Gasteiger partial charge >= 0.3 is 0 Å². The Bertz CT molecular complexity index is 1340. The number of halogens is 5. The van der Waals surface area contributed by atoms with Crippen LogP contribution in [0.3, 0.4) is 0 Å². The van der Waals surface area contributed by atoms with Crippen molar-refractivity contribution >= 4 is 118 Å². The fourth-order valence-electron chi connectivity index (χ4n) is 3.76. The number of rotatable bonds is 0. The maximum atomic E-state index is 6.82. The van der Waals surface area contributed by atoms with Crippen molar-refractivity contribution in [2.45, 2.75) is 0 Å². The average Bonchev–Trinajstić information content (AvgIpc) is 2.61. The van der Waals surface area contributed by atoms with E-state index in [1.54, 1.807) is 0 Å². The average molecular weight is 602 g/mol. The van der Waals surface area contributed by atoms with Crippen LogP contribution in [0.4, 0.5) is 0 Å². The Morgan fingerprint density at radius 3 is 2.00 bits per heavy atom. The molecule has 0 spiro atoms. The van der Waals surface area contributed by atoms with Crippen LogP contribution in [0.5, 0.6) is 0 Å². The summed E-state index contributed by atoms with van der Waals surface area (Å²) in [6, 6.07) is 15.0. The van der Waals surface area contributed by atoms with Gasteiger partial charge in [0.1, 0.15) is 0 Å². The van der Waals surface area contributed by atoms with Crippen molar-refractivity contribution in [2.24, 2.45) is 0 Å². The Balaban J connectivity index is 2.33. The summed E-state index contributed by atoms with van der Waals surface area (Å²) in [4.78, 5) is 0. The largest absolute Gasteiger partial charge is 0.0824 e. The number of hydrogen-bond acceptors (Lipinski definition) is 0. The predicted molar refractivity (Wildman–Crippen MR) is 123 cm³/mol. The second-order valence-corrected chi connectivity index (χ2v) is 9.61. The third-order valence-corrected chi connectivity index (χ3v) is 9.46. The van der Waals surface area contributed by atoms with Crippen LogP contribution >= 0.6 is 75.3 Å². The van der Waals surface area contributed by atoms with E-state index in [4.69, 9.17) is 11.6 Å². The van der Waals surface area contributed by atoms with Gasteiger partial charge in [0.2, 0.25) is 0 Å². The van der Waals surface area contributed by atoms with Crippen LogP contribution in [0.15, 0.2) is 60.4 Å². The zero-order valence-corrected chi connectivity index (χ0v) is 19.5. The molecule has 0 heterocycles. The normalized spacial score (nSPS) is 12.2. The Morgan fingerprint density at radius 2 is 1.28 bits per heavy atom. The van der Waals surface area contributed by atoms with Gasteiger partial charge in [-0.3, -0.25) is 0 Å². The molecule has 0 atom stereocenters. The Hall–Kier alpha value is -0.390. The molecule has 0 amide bonds. The second-order valence-electron chi connectivity index (χ2n) is 6.00. The molecule has 25 heavy (non-hydrogen) atoms. The predicted octanol–water partition coefficient (Wildman–Crippen LogP) is 9.44. The molecule has 0 saturated carbocycles. The van der Waals surface area contributed by atoms with Gasteiger partial charge in [-0.05, 0) is 96.7 Å². The molecule has 0 aliphatic rings. The lowest BCUT2D eigenvalue weighted by molar-refractivity contribution is 1.64.